The fourth-order valence-corrected chi connectivity index (χ4v) is 4.49. The van der Waals surface area contributed by atoms with Crippen LogP contribution in [0, 0.1) is 25.5 Å². The first-order valence-corrected chi connectivity index (χ1v) is 9.81. The molecular weight excluding hydrogens is 380 g/mol. The van der Waals surface area contributed by atoms with Crippen LogP contribution in [0.25, 0.3) is 0 Å². The molecule has 1 fully saturated rings. The zero-order valence-corrected chi connectivity index (χ0v) is 17.7. The molecule has 0 spiro atoms. The first-order chi connectivity index (χ1) is 13.0. The van der Waals surface area contributed by atoms with Crippen molar-refractivity contribution in [1.82, 2.24) is 5.06 Å². The van der Waals surface area contributed by atoms with Gasteiger partial charge in [-0.1, -0.05) is 37.1 Å². The van der Waals surface area contributed by atoms with Crippen LogP contribution in [0.2, 0.25) is 0 Å². The summed E-state index contributed by atoms with van der Waals surface area (Å²) in [5.41, 5.74) is 3.63. The van der Waals surface area contributed by atoms with Gasteiger partial charge in [0.25, 0.3) is 0 Å². The summed E-state index contributed by atoms with van der Waals surface area (Å²) in [6.45, 7) is 4.76. The molecule has 28 heavy (non-hydrogen) atoms. The predicted molar refractivity (Wildman–Crippen MR) is 112 cm³/mol. The summed E-state index contributed by atoms with van der Waals surface area (Å²) in [6.07, 6.45) is 4.96. The smallest absolute Gasteiger partial charge is 0.129 e. The summed E-state index contributed by atoms with van der Waals surface area (Å²) in [4.78, 5) is 5.71. The SMILES string of the molecule is CON(CC(Cc1c(F)cccc1F)c1c(C)cccc1C)C1CCCC1.Cl. The highest BCUT2D eigenvalue weighted by Gasteiger charge is 2.28. The fourth-order valence-electron chi connectivity index (χ4n) is 4.49. The lowest BCUT2D eigenvalue weighted by atomic mass is 9.85. The van der Waals surface area contributed by atoms with Crippen LogP contribution in [0.5, 0.6) is 0 Å². The van der Waals surface area contributed by atoms with Gasteiger partial charge in [0.2, 0.25) is 0 Å². The molecule has 0 aliphatic heterocycles. The van der Waals surface area contributed by atoms with Crippen LogP contribution in [0.3, 0.4) is 0 Å². The van der Waals surface area contributed by atoms with E-state index in [0.717, 1.165) is 24.0 Å². The highest BCUT2D eigenvalue weighted by Crippen LogP contribution is 2.32. The second kappa shape index (κ2) is 10.3. The number of nitrogens with zero attached hydrogens (tertiary/aromatic N) is 1. The highest BCUT2D eigenvalue weighted by molar-refractivity contribution is 5.85. The second-order valence-electron chi connectivity index (χ2n) is 7.63. The minimum absolute atomic E-state index is 0. The number of benzene rings is 2. The molecule has 0 heterocycles. The van der Waals surface area contributed by atoms with Crippen LogP contribution in [0.1, 0.15) is 53.9 Å². The van der Waals surface area contributed by atoms with Crippen molar-refractivity contribution in [2.75, 3.05) is 13.7 Å². The summed E-state index contributed by atoms with van der Waals surface area (Å²) in [5.74, 6) is -0.995. The molecule has 0 amide bonds. The minimum atomic E-state index is -0.476. The van der Waals surface area contributed by atoms with Crippen molar-refractivity contribution in [3.05, 3.63) is 70.3 Å². The first kappa shape index (κ1) is 22.8. The normalized spacial score (nSPS) is 15.6. The Morgan fingerprint density at radius 3 is 2.07 bits per heavy atom. The summed E-state index contributed by atoms with van der Waals surface area (Å²) in [5, 5.41) is 2.03. The minimum Gasteiger partial charge on any atom is -0.302 e. The second-order valence-corrected chi connectivity index (χ2v) is 7.63. The molecule has 5 heteroatoms. The van der Waals surface area contributed by atoms with E-state index in [4.69, 9.17) is 4.84 Å². The molecule has 1 aliphatic carbocycles. The maximum atomic E-state index is 14.4. The molecule has 2 aromatic carbocycles. The predicted octanol–water partition coefficient (Wildman–Crippen LogP) is 6.14. The van der Waals surface area contributed by atoms with E-state index in [2.05, 4.69) is 26.0 Å². The van der Waals surface area contributed by atoms with Gasteiger partial charge in [-0.2, -0.15) is 5.06 Å². The largest absolute Gasteiger partial charge is 0.302 e. The van der Waals surface area contributed by atoms with Crippen molar-refractivity contribution < 1.29 is 13.6 Å². The highest BCUT2D eigenvalue weighted by atomic mass is 35.5. The first-order valence-electron chi connectivity index (χ1n) is 9.81. The number of rotatable bonds is 7. The van der Waals surface area contributed by atoms with Crippen molar-refractivity contribution in [2.45, 2.75) is 57.9 Å². The van der Waals surface area contributed by atoms with E-state index >= 15 is 0 Å². The van der Waals surface area contributed by atoms with E-state index in [1.165, 1.54) is 36.6 Å². The molecule has 2 nitrogen and oxygen atoms in total. The Balaban J connectivity index is 0.00000280. The van der Waals surface area contributed by atoms with Crippen LogP contribution >= 0.6 is 12.4 Å². The maximum absolute atomic E-state index is 14.4. The van der Waals surface area contributed by atoms with E-state index in [1.807, 2.05) is 11.1 Å². The van der Waals surface area contributed by atoms with E-state index < -0.39 is 11.6 Å². The Bertz CT molecular complexity index is 737. The molecule has 2 aromatic rings. The van der Waals surface area contributed by atoms with Gasteiger partial charge in [0.15, 0.2) is 0 Å². The zero-order chi connectivity index (χ0) is 19.4. The average Bonchev–Trinajstić information content (AvgIpc) is 3.16. The Morgan fingerprint density at radius 1 is 1.00 bits per heavy atom. The van der Waals surface area contributed by atoms with Gasteiger partial charge in [-0.25, -0.2) is 8.78 Å². The number of hydrogen-bond acceptors (Lipinski definition) is 2. The Kier molecular flexibility index (Phi) is 8.41. The van der Waals surface area contributed by atoms with Crippen LogP contribution < -0.4 is 0 Å². The van der Waals surface area contributed by atoms with Crippen molar-refractivity contribution in [3.8, 4) is 0 Å². The summed E-state index contributed by atoms with van der Waals surface area (Å²) < 4.78 is 28.7. The third-order valence-electron chi connectivity index (χ3n) is 5.83. The van der Waals surface area contributed by atoms with Crippen molar-refractivity contribution in [3.63, 3.8) is 0 Å². The van der Waals surface area contributed by atoms with Gasteiger partial charge in [0.05, 0.1) is 7.11 Å². The molecule has 0 saturated heterocycles. The Hall–Kier alpha value is -1.49. The molecule has 1 aliphatic rings. The zero-order valence-electron chi connectivity index (χ0n) is 16.9. The van der Waals surface area contributed by atoms with Crippen LogP contribution in [-0.2, 0) is 11.3 Å². The van der Waals surface area contributed by atoms with Gasteiger partial charge >= 0.3 is 0 Å². The summed E-state index contributed by atoms with van der Waals surface area (Å²) >= 11 is 0. The molecule has 0 N–H and O–H groups in total. The van der Waals surface area contributed by atoms with Crippen molar-refractivity contribution in [2.24, 2.45) is 0 Å². The van der Waals surface area contributed by atoms with Gasteiger partial charge < -0.3 is 4.84 Å². The van der Waals surface area contributed by atoms with E-state index in [1.54, 1.807) is 7.11 Å². The third-order valence-corrected chi connectivity index (χ3v) is 5.83. The molecule has 0 aromatic heterocycles. The molecule has 0 bridgehead atoms. The molecule has 1 unspecified atom stereocenters. The molecule has 3 rings (SSSR count). The molecular formula is C23H30ClF2NO. The van der Waals surface area contributed by atoms with Crippen LogP contribution in [0.4, 0.5) is 8.78 Å². The number of hydrogen-bond donors (Lipinski definition) is 0. The molecule has 1 saturated carbocycles. The van der Waals surface area contributed by atoms with Gasteiger partial charge in [-0.05, 0) is 61.9 Å². The van der Waals surface area contributed by atoms with Crippen molar-refractivity contribution in [1.29, 1.82) is 0 Å². The van der Waals surface area contributed by atoms with Crippen LogP contribution in [-0.4, -0.2) is 24.8 Å². The monoisotopic (exact) mass is 409 g/mol. The Labute approximate surface area is 173 Å². The van der Waals surface area contributed by atoms with Gasteiger partial charge in [0.1, 0.15) is 11.6 Å². The average molecular weight is 410 g/mol. The van der Waals surface area contributed by atoms with E-state index in [0.29, 0.717) is 19.0 Å². The Morgan fingerprint density at radius 2 is 1.54 bits per heavy atom. The lowest BCUT2D eigenvalue weighted by Gasteiger charge is -2.32. The molecule has 0 radical (unpaired) electrons. The van der Waals surface area contributed by atoms with Gasteiger partial charge in [-0.3, -0.25) is 0 Å². The molecule has 154 valence electrons. The number of aryl methyl sites for hydroxylation is 2. The molecule has 1 atom stereocenters. The quantitative estimate of drug-likeness (QED) is 0.509. The maximum Gasteiger partial charge on any atom is 0.129 e. The topological polar surface area (TPSA) is 12.5 Å². The van der Waals surface area contributed by atoms with Gasteiger partial charge in [0, 0.05) is 24.1 Å². The van der Waals surface area contributed by atoms with Crippen LogP contribution in [0.15, 0.2) is 36.4 Å². The van der Waals surface area contributed by atoms with Gasteiger partial charge in [-0.15, -0.1) is 12.4 Å². The lowest BCUT2D eigenvalue weighted by Crippen LogP contribution is -2.36. The standard InChI is InChI=1S/C23H29F2NO.ClH/c1-16-8-6-9-17(2)23(16)18(14-20-21(24)12-7-13-22(20)25)15-26(27-3)19-10-4-5-11-19;/h6-9,12-13,18-19H,4-5,10-11,14-15H2,1-3H3;1H. The summed E-state index contributed by atoms with van der Waals surface area (Å²) in [7, 11) is 1.70. The van der Waals surface area contributed by atoms with E-state index in [-0.39, 0.29) is 23.9 Å². The number of halogens is 3. The number of hydroxylamine groups is 2. The summed E-state index contributed by atoms with van der Waals surface area (Å²) in [6, 6.07) is 10.6. The van der Waals surface area contributed by atoms with E-state index in [9.17, 15) is 8.78 Å². The lowest BCUT2D eigenvalue weighted by molar-refractivity contribution is -0.163. The fraction of sp³-hybridized carbons (Fsp3) is 0.478. The third kappa shape index (κ3) is 5.11. The van der Waals surface area contributed by atoms with Crippen molar-refractivity contribution >= 4 is 12.4 Å².